The van der Waals surface area contributed by atoms with Crippen molar-refractivity contribution in [2.45, 2.75) is 13.5 Å². The molecular formula is C15H14N4OS2. The van der Waals surface area contributed by atoms with Gasteiger partial charge in [0.15, 0.2) is 0 Å². The molecule has 1 amide bonds. The number of hydrogen-bond acceptors (Lipinski definition) is 6. The fourth-order valence-corrected chi connectivity index (χ4v) is 3.48. The smallest absolute Gasteiger partial charge is 0.267 e. The number of thiazole rings is 1. The van der Waals surface area contributed by atoms with E-state index >= 15 is 0 Å². The zero-order chi connectivity index (χ0) is 15.5. The molecule has 0 bridgehead atoms. The van der Waals surface area contributed by atoms with Gasteiger partial charge in [0.2, 0.25) is 0 Å². The minimum atomic E-state index is -0.0678. The van der Waals surface area contributed by atoms with E-state index in [4.69, 9.17) is 0 Å². The van der Waals surface area contributed by atoms with Gasteiger partial charge in [0.05, 0.1) is 17.9 Å². The largest absolute Gasteiger partial charge is 0.335 e. The van der Waals surface area contributed by atoms with Crippen molar-refractivity contribution in [3.05, 3.63) is 52.0 Å². The van der Waals surface area contributed by atoms with Crippen LogP contribution >= 0.6 is 22.9 Å². The Morgan fingerprint density at radius 3 is 2.73 bits per heavy atom. The van der Waals surface area contributed by atoms with Gasteiger partial charge in [0, 0.05) is 18.0 Å². The molecule has 2 heterocycles. The third-order valence-corrected chi connectivity index (χ3v) is 4.92. The molecule has 22 heavy (non-hydrogen) atoms. The van der Waals surface area contributed by atoms with Crippen molar-refractivity contribution in [3.8, 4) is 10.6 Å². The van der Waals surface area contributed by atoms with Crippen LogP contribution in [0.2, 0.25) is 0 Å². The molecule has 0 saturated carbocycles. The Labute approximate surface area is 136 Å². The van der Waals surface area contributed by atoms with Crippen molar-refractivity contribution in [2.24, 2.45) is 0 Å². The van der Waals surface area contributed by atoms with E-state index < -0.39 is 0 Å². The SMILES string of the molecule is Cc1nnsc1C(=O)N(C)Cc1csc(-c2ccccc2)n1. The van der Waals surface area contributed by atoms with Gasteiger partial charge in [0.25, 0.3) is 5.91 Å². The Kier molecular flexibility index (Phi) is 4.26. The van der Waals surface area contributed by atoms with Gasteiger partial charge in [-0.25, -0.2) is 4.98 Å². The summed E-state index contributed by atoms with van der Waals surface area (Å²) in [6.07, 6.45) is 0. The summed E-state index contributed by atoms with van der Waals surface area (Å²) < 4.78 is 3.81. The fourth-order valence-electron chi connectivity index (χ4n) is 2.01. The van der Waals surface area contributed by atoms with Crippen LogP contribution in [0.4, 0.5) is 0 Å². The third-order valence-electron chi connectivity index (χ3n) is 3.16. The topological polar surface area (TPSA) is 59.0 Å². The van der Waals surface area contributed by atoms with Crippen LogP contribution in [0.5, 0.6) is 0 Å². The van der Waals surface area contributed by atoms with E-state index in [1.807, 2.05) is 35.7 Å². The van der Waals surface area contributed by atoms with Crippen LogP contribution < -0.4 is 0 Å². The summed E-state index contributed by atoms with van der Waals surface area (Å²) in [5.74, 6) is -0.0678. The minimum Gasteiger partial charge on any atom is -0.335 e. The van der Waals surface area contributed by atoms with Gasteiger partial charge < -0.3 is 4.90 Å². The van der Waals surface area contributed by atoms with Crippen LogP contribution in [-0.4, -0.2) is 32.4 Å². The summed E-state index contributed by atoms with van der Waals surface area (Å²) in [6, 6.07) is 10.0. The highest BCUT2D eigenvalue weighted by molar-refractivity contribution is 7.13. The molecule has 1 aromatic carbocycles. The Morgan fingerprint density at radius 1 is 1.27 bits per heavy atom. The van der Waals surface area contributed by atoms with Gasteiger partial charge in [-0.2, -0.15) is 0 Å². The first-order valence-corrected chi connectivity index (χ1v) is 8.34. The molecular weight excluding hydrogens is 316 g/mol. The second-order valence-electron chi connectivity index (χ2n) is 4.86. The molecule has 3 aromatic rings. The molecule has 0 unspecified atom stereocenters. The molecule has 0 aliphatic carbocycles. The van der Waals surface area contributed by atoms with Crippen molar-refractivity contribution in [1.29, 1.82) is 0 Å². The fraction of sp³-hybridized carbons (Fsp3) is 0.200. The molecule has 0 saturated heterocycles. The highest BCUT2D eigenvalue weighted by atomic mass is 32.1. The van der Waals surface area contributed by atoms with E-state index in [1.54, 1.807) is 30.2 Å². The Balaban J connectivity index is 1.73. The summed E-state index contributed by atoms with van der Waals surface area (Å²) >= 11 is 2.71. The van der Waals surface area contributed by atoms with Crippen LogP contribution in [0.1, 0.15) is 21.1 Å². The predicted molar refractivity (Wildman–Crippen MR) is 88.0 cm³/mol. The molecule has 0 aliphatic heterocycles. The monoisotopic (exact) mass is 330 g/mol. The first kappa shape index (κ1) is 14.8. The van der Waals surface area contributed by atoms with Gasteiger partial charge in [-0.1, -0.05) is 34.8 Å². The standard InChI is InChI=1S/C15H14N4OS2/c1-10-13(22-18-17-10)15(20)19(2)8-12-9-21-14(16-12)11-6-4-3-5-7-11/h3-7,9H,8H2,1-2H3. The molecule has 0 spiro atoms. The van der Waals surface area contributed by atoms with Crippen LogP contribution in [0.25, 0.3) is 10.6 Å². The first-order valence-electron chi connectivity index (χ1n) is 6.69. The number of benzene rings is 1. The van der Waals surface area contributed by atoms with Crippen molar-refractivity contribution >= 4 is 28.8 Å². The maximum Gasteiger partial charge on any atom is 0.267 e. The van der Waals surface area contributed by atoms with Crippen molar-refractivity contribution in [1.82, 2.24) is 19.5 Å². The lowest BCUT2D eigenvalue weighted by Crippen LogP contribution is -2.26. The summed E-state index contributed by atoms with van der Waals surface area (Å²) in [7, 11) is 1.77. The van der Waals surface area contributed by atoms with Crippen molar-refractivity contribution in [3.63, 3.8) is 0 Å². The number of amides is 1. The van der Waals surface area contributed by atoms with E-state index in [-0.39, 0.29) is 5.91 Å². The maximum absolute atomic E-state index is 12.3. The van der Waals surface area contributed by atoms with Crippen molar-refractivity contribution in [2.75, 3.05) is 7.05 Å². The van der Waals surface area contributed by atoms with E-state index in [0.29, 0.717) is 17.1 Å². The number of carbonyl (C=O) groups excluding carboxylic acids is 1. The van der Waals surface area contributed by atoms with Gasteiger partial charge in [0.1, 0.15) is 9.88 Å². The van der Waals surface area contributed by atoms with Gasteiger partial charge in [-0.05, 0) is 18.5 Å². The lowest BCUT2D eigenvalue weighted by atomic mass is 10.2. The summed E-state index contributed by atoms with van der Waals surface area (Å²) in [5.41, 5.74) is 2.65. The quantitative estimate of drug-likeness (QED) is 0.737. The predicted octanol–water partition coefficient (Wildman–Crippen LogP) is 3.24. The first-order chi connectivity index (χ1) is 10.6. The normalized spacial score (nSPS) is 10.6. The zero-order valence-corrected chi connectivity index (χ0v) is 13.8. The van der Waals surface area contributed by atoms with Gasteiger partial charge >= 0.3 is 0 Å². The lowest BCUT2D eigenvalue weighted by molar-refractivity contribution is 0.0787. The number of aromatic nitrogens is 3. The van der Waals surface area contributed by atoms with Crippen molar-refractivity contribution < 1.29 is 4.79 Å². The molecule has 5 nitrogen and oxygen atoms in total. The second-order valence-corrected chi connectivity index (χ2v) is 6.47. The van der Waals surface area contributed by atoms with E-state index in [0.717, 1.165) is 27.8 Å². The summed E-state index contributed by atoms with van der Waals surface area (Å²) in [6.45, 7) is 2.26. The Hall–Kier alpha value is -2.12. The van der Waals surface area contributed by atoms with Gasteiger partial charge in [-0.15, -0.1) is 16.4 Å². The van der Waals surface area contributed by atoms with Crippen LogP contribution in [0.15, 0.2) is 35.7 Å². The number of rotatable bonds is 4. The van der Waals surface area contributed by atoms with E-state index in [1.165, 1.54) is 0 Å². The molecule has 0 N–H and O–H groups in total. The minimum absolute atomic E-state index is 0.0678. The average molecular weight is 330 g/mol. The molecule has 0 fully saturated rings. The summed E-state index contributed by atoms with van der Waals surface area (Å²) in [5, 5.41) is 6.83. The molecule has 0 aliphatic rings. The summed E-state index contributed by atoms with van der Waals surface area (Å²) in [4.78, 5) is 19.2. The Bertz CT molecular complexity index is 782. The number of nitrogens with zero attached hydrogens (tertiary/aromatic N) is 4. The van der Waals surface area contributed by atoms with Crippen LogP contribution in [0, 0.1) is 6.92 Å². The second kappa shape index (κ2) is 6.33. The number of aryl methyl sites for hydroxylation is 1. The Morgan fingerprint density at radius 2 is 2.05 bits per heavy atom. The van der Waals surface area contributed by atoms with Crippen LogP contribution in [0.3, 0.4) is 0 Å². The number of hydrogen-bond donors (Lipinski definition) is 0. The highest BCUT2D eigenvalue weighted by Crippen LogP contribution is 2.24. The molecule has 7 heteroatoms. The molecule has 0 atom stereocenters. The number of carbonyl (C=O) groups is 1. The third kappa shape index (κ3) is 3.05. The lowest BCUT2D eigenvalue weighted by Gasteiger charge is -2.14. The average Bonchev–Trinajstić information content (AvgIpc) is 3.16. The van der Waals surface area contributed by atoms with E-state index in [2.05, 4.69) is 14.6 Å². The molecule has 2 aromatic heterocycles. The van der Waals surface area contributed by atoms with Gasteiger partial charge in [-0.3, -0.25) is 4.79 Å². The zero-order valence-electron chi connectivity index (χ0n) is 12.2. The molecule has 112 valence electrons. The molecule has 0 radical (unpaired) electrons. The maximum atomic E-state index is 12.3. The highest BCUT2D eigenvalue weighted by Gasteiger charge is 2.18. The van der Waals surface area contributed by atoms with E-state index in [9.17, 15) is 4.79 Å². The van der Waals surface area contributed by atoms with Crippen LogP contribution in [-0.2, 0) is 6.54 Å². The molecule has 3 rings (SSSR count).